The van der Waals surface area contributed by atoms with Crippen molar-refractivity contribution in [3.05, 3.63) is 40.8 Å². The standard InChI is InChI=1S/C20H31N7/c1-14-6-7-19(22-12-14)27-10-8-17(9-11-27)24-20(21-4)23-13-18-15(2)25-26(5)16(18)3/h6-7,12,17H,8-11,13H2,1-5H3,(H2,21,23,24). The first kappa shape index (κ1) is 19.2. The Morgan fingerprint density at radius 3 is 2.52 bits per heavy atom. The summed E-state index contributed by atoms with van der Waals surface area (Å²) in [5, 5.41) is 11.5. The van der Waals surface area contributed by atoms with Crippen molar-refractivity contribution in [2.75, 3.05) is 25.0 Å². The summed E-state index contributed by atoms with van der Waals surface area (Å²) in [5.41, 5.74) is 4.69. The maximum atomic E-state index is 4.55. The second kappa shape index (κ2) is 8.41. The summed E-state index contributed by atoms with van der Waals surface area (Å²) in [4.78, 5) is 11.3. The zero-order chi connectivity index (χ0) is 19.4. The minimum atomic E-state index is 0.425. The highest BCUT2D eigenvalue weighted by atomic mass is 15.3. The molecule has 0 bridgehead atoms. The Morgan fingerprint density at radius 1 is 1.22 bits per heavy atom. The van der Waals surface area contributed by atoms with Gasteiger partial charge in [0.05, 0.1) is 5.69 Å². The topological polar surface area (TPSA) is 70.4 Å². The van der Waals surface area contributed by atoms with Crippen LogP contribution in [0.15, 0.2) is 23.3 Å². The zero-order valence-electron chi connectivity index (χ0n) is 17.1. The van der Waals surface area contributed by atoms with Gasteiger partial charge in [-0.25, -0.2) is 4.98 Å². The Morgan fingerprint density at radius 2 is 1.96 bits per heavy atom. The Kier molecular flexibility index (Phi) is 5.98. The molecule has 0 atom stereocenters. The van der Waals surface area contributed by atoms with Crippen LogP contribution >= 0.6 is 0 Å². The van der Waals surface area contributed by atoms with Crippen LogP contribution in [0.3, 0.4) is 0 Å². The van der Waals surface area contributed by atoms with Crippen molar-refractivity contribution in [1.82, 2.24) is 25.4 Å². The molecule has 2 aromatic heterocycles. The fraction of sp³-hybridized carbons (Fsp3) is 0.550. The summed E-state index contributed by atoms with van der Waals surface area (Å²) in [6.07, 6.45) is 4.08. The third-order valence-electron chi connectivity index (χ3n) is 5.37. The number of guanidine groups is 1. The maximum Gasteiger partial charge on any atom is 0.191 e. The summed E-state index contributed by atoms with van der Waals surface area (Å²) >= 11 is 0. The Hall–Kier alpha value is -2.57. The number of hydrogen-bond donors (Lipinski definition) is 2. The number of pyridine rings is 1. The van der Waals surface area contributed by atoms with E-state index in [4.69, 9.17) is 0 Å². The molecule has 146 valence electrons. The second-order valence-electron chi connectivity index (χ2n) is 7.30. The van der Waals surface area contributed by atoms with Crippen LogP contribution in [0.1, 0.15) is 35.4 Å². The van der Waals surface area contributed by atoms with E-state index >= 15 is 0 Å². The van der Waals surface area contributed by atoms with Crippen LogP contribution < -0.4 is 15.5 Å². The molecule has 2 aromatic rings. The first-order valence-electron chi connectivity index (χ1n) is 9.61. The van der Waals surface area contributed by atoms with Gasteiger partial charge in [-0.1, -0.05) is 6.07 Å². The van der Waals surface area contributed by atoms with Crippen LogP contribution in [0.5, 0.6) is 0 Å². The fourth-order valence-corrected chi connectivity index (χ4v) is 3.53. The molecule has 0 aromatic carbocycles. The predicted molar refractivity (Wildman–Crippen MR) is 110 cm³/mol. The smallest absolute Gasteiger partial charge is 0.191 e. The molecule has 3 rings (SSSR count). The lowest BCUT2D eigenvalue weighted by Crippen LogP contribution is -2.48. The van der Waals surface area contributed by atoms with E-state index in [9.17, 15) is 0 Å². The van der Waals surface area contributed by atoms with Crippen molar-refractivity contribution in [1.29, 1.82) is 0 Å². The Bertz CT molecular complexity index is 783. The van der Waals surface area contributed by atoms with Gasteiger partial charge in [-0.15, -0.1) is 0 Å². The van der Waals surface area contributed by atoms with Crippen molar-refractivity contribution < 1.29 is 0 Å². The van der Waals surface area contributed by atoms with Gasteiger partial charge in [-0.3, -0.25) is 9.67 Å². The molecule has 7 nitrogen and oxygen atoms in total. The van der Waals surface area contributed by atoms with Gasteiger partial charge >= 0.3 is 0 Å². The van der Waals surface area contributed by atoms with Crippen LogP contribution in [-0.2, 0) is 13.6 Å². The third-order valence-corrected chi connectivity index (χ3v) is 5.37. The van der Waals surface area contributed by atoms with Gasteiger partial charge < -0.3 is 15.5 Å². The summed E-state index contributed by atoms with van der Waals surface area (Å²) in [6, 6.07) is 4.66. The molecule has 1 aliphatic heterocycles. The second-order valence-corrected chi connectivity index (χ2v) is 7.30. The number of aryl methyl sites for hydroxylation is 3. The minimum absolute atomic E-state index is 0.425. The van der Waals surface area contributed by atoms with Gasteiger partial charge in [0.2, 0.25) is 0 Å². The molecule has 7 heteroatoms. The third kappa shape index (κ3) is 4.59. The molecule has 3 heterocycles. The number of nitrogens with one attached hydrogen (secondary N) is 2. The minimum Gasteiger partial charge on any atom is -0.356 e. The number of nitrogens with zero attached hydrogens (tertiary/aromatic N) is 5. The maximum absolute atomic E-state index is 4.55. The van der Waals surface area contributed by atoms with Gasteiger partial charge in [-0.2, -0.15) is 5.10 Å². The van der Waals surface area contributed by atoms with Crippen molar-refractivity contribution >= 4 is 11.8 Å². The van der Waals surface area contributed by atoms with E-state index in [0.29, 0.717) is 6.04 Å². The predicted octanol–water partition coefficient (Wildman–Crippen LogP) is 2.07. The number of aliphatic imine (C=N–C) groups is 1. The van der Waals surface area contributed by atoms with Crippen LogP contribution in [-0.4, -0.2) is 46.9 Å². The van der Waals surface area contributed by atoms with E-state index in [1.54, 1.807) is 0 Å². The van der Waals surface area contributed by atoms with Crippen molar-refractivity contribution in [3.63, 3.8) is 0 Å². The summed E-state index contributed by atoms with van der Waals surface area (Å²) in [7, 11) is 3.80. The number of piperidine rings is 1. The lowest BCUT2D eigenvalue weighted by Gasteiger charge is -2.33. The lowest BCUT2D eigenvalue weighted by atomic mass is 10.1. The summed E-state index contributed by atoms with van der Waals surface area (Å²) in [5.74, 6) is 1.92. The largest absolute Gasteiger partial charge is 0.356 e. The number of anilines is 1. The van der Waals surface area contributed by atoms with Gasteiger partial charge in [-0.05, 0) is 45.2 Å². The van der Waals surface area contributed by atoms with Crippen molar-refractivity contribution in [3.8, 4) is 0 Å². The summed E-state index contributed by atoms with van der Waals surface area (Å²) < 4.78 is 1.93. The van der Waals surface area contributed by atoms with E-state index in [2.05, 4.69) is 63.5 Å². The average Bonchev–Trinajstić information content (AvgIpc) is 2.92. The molecule has 1 fully saturated rings. The van der Waals surface area contributed by atoms with E-state index in [1.165, 1.54) is 16.8 Å². The van der Waals surface area contributed by atoms with Gasteiger partial charge in [0.25, 0.3) is 0 Å². The Labute approximate surface area is 161 Å². The monoisotopic (exact) mass is 369 g/mol. The molecule has 0 unspecified atom stereocenters. The lowest BCUT2D eigenvalue weighted by molar-refractivity contribution is 0.459. The van der Waals surface area contributed by atoms with E-state index in [1.807, 2.05) is 25.0 Å². The zero-order valence-corrected chi connectivity index (χ0v) is 17.1. The Balaban J connectivity index is 1.50. The molecule has 1 aliphatic rings. The molecular formula is C20H31N7. The number of hydrogen-bond acceptors (Lipinski definition) is 4. The van der Waals surface area contributed by atoms with Gasteiger partial charge in [0.1, 0.15) is 5.82 Å². The molecule has 0 aliphatic carbocycles. The molecule has 27 heavy (non-hydrogen) atoms. The molecular weight excluding hydrogens is 338 g/mol. The molecule has 0 radical (unpaired) electrons. The van der Waals surface area contributed by atoms with E-state index in [0.717, 1.165) is 49.9 Å². The normalized spacial score (nSPS) is 15.9. The average molecular weight is 370 g/mol. The highest BCUT2D eigenvalue weighted by Gasteiger charge is 2.21. The van der Waals surface area contributed by atoms with E-state index < -0.39 is 0 Å². The van der Waals surface area contributed by atoms with Crippen LogP contribution in [0.2, 0.25) is 0 Å². The van der Waals surface area contributed by atoms with Crippen LogP contribution in [0.4, 0.5) is 5.82 Å². The highest BCUT2D eigenvalue weighted by Crippen LogP contribution is 2.18. The number of rotatable bonds is 4. The number of aromatic nitrogens is 3. The molecule has 1 saturated heterocycles. The summed E-state index contributed by atoms with van der Waals surface area (Å²) in [6.45, 7) is 8.96. The van der Waals surface area contributed by atoms with Gasteiger partial charge in [0.15, 0.2) is 5.96 Å². The van der Waals surface area contributed by atoms with Gasteiger partial charge in [0, 0.05) is 57.2 Å². The SMILES string of the molecule is CN=C(NCc1c(C)nn(C)c1C)NC1CCN(c2ccc(C)cn2)CC1. The van der Waals surface area contributed by atoms with Crippen LogP contribution in [0, 0.1) is 20.8 Å². The van der Waals surface area contributed by atoms with Crippen LogP contribution in [0.25, 0.3) is 0 Å². The molecule has 2 N–H and O–H groups in total. The fourth-order valence-electron chi connectivity index (χ4n) is 3.53. The van der Waals surface area contributed by atoms with Crippen molar-refractivity contribution in [2.45, 2.75) is 46.2 Å². The molecule has 0 spiro atoms. The van der Waals surface area contributed by atoms with Crippen molar-refractivity contribution in [2.24, 2.45) is 12.0 Å². The highest BCUT2D eigenvalue weighted by molar-refractivity contribution is 5.80. The molecule has 0 amide bonds. The first-order valence-corrected chi connectivity index (χ1v) is 9.61. The molecule has 0 saturated carbocycles. The van der Waals surface area contributed by atoms with E-state index in [-0.39, 0.29) is 0 Å². The first-order chi connectivity index (χ1) is 13.0. The quantitative estimate of drug-likeness (QED) is 0.638.